The first-order chi connectivity index (χ1) is 13.7. The van der Waals surface area contributed by atoms with Crippen LogP contribution in [-0.4, -0.2) is 24.2 Å². The zero-order valence-corrected chi connectivity index (χ0v) is 16.3. The van der Waals surface area contributed by atoms with Crippen molar-refractivity contribution in [2.45, 2.75) is 13.2 Å². The average Bonchev–Trinajstić information content (AvgIpc) is 3.24. The van der Waals surface area contributed by atoms with Gasteiger partial charge in [0.1, 0.15) is 32.2 Å². The second-order valence-corrected chi connectivity index (χ2v) is 7.10. The summed E-state index contributed by atoms with van der Waals surface area (Å²) in [5.74, 6) is 1.20. The van der Waals surface area contributed by atoms with Crippen molar-refractivity contribution in [3.63, 3.8) is 0 Å². The van der Waals surface area contributed by atoms with Gasteiger partial charge >= 0.3 is 5.97 Å². The highest BCUT2D eigenvalue weighted by molar-refractivity contribution is 7.07. The van der Waals surface area contributed by atoms with Crippen LogP contribution in [0.15, 0.2) is 47.3 Å². The fourth-order valence-corrected chi connectivity index (χ4v) is 3.49. The van der Waals surface area contributed by atoms with Crippen LogP contribution in [0.3, 0.4) is 0 Å². The van der Waals surface area contributed by atoms with Crippen molar-refractivity contribution >= 4 is 28.9 Å². The average molecular weight is 418 g/mol. The lowest BCUT2D eigenvalue weighted by molar-refractivity contribution is 0.0471. The Morgan fingerprint density at radius 3 is 2.93 bits per heavy atom. The predicted octanol–water partition coefficient (Wildman–Crippen LogP) is 4.50. The van der Waals surface area contributed by atoms with Crippen molar-refractivity contribution in [3.8, 4) is 17.2 Å². The number of ether oxygens (including phenoxy) is 4. The van der Waals surface area contributed by atoms with E-state index in [0.29, 0.717) is 47.7 Å². The van der Waals surface area contributed by atoms with Crippen LogP contribution >= 0.6 is 22.9 Å². The zero-order valence-electron chi connectivity index (χ0n) is 14.7. The lowest BCUT2D eigenvalue weighted by atomic mass is 10.2. The third-order valence-electron chi connectivity index (χ3n) is 3.97. The molecule has 1 aromatic heterocycles. The second-order valence-electron chi connectivity index (χ2n) is 5.97. The third-order valence-corrected chi connectivity index (χ3v) is 4.88. The maximum atomic E-state index is 12.4. The SMILES string of the molecule is O=C(OCc1cc(Cl)c2c(c1)OCCO2)c1cccc(OCc2cscn2)c1. The summed E-state index contributed by atoms with van der Waals surface area (Å²) in [5.41, 5.74) is 3.71. The van der Waals surface area contributed by atoms with Crippen LogP contribution in [0.25, 0.3) is 0 Å². The summed E-state index contributed by atoms with van der Waals surface area (Å²) < 4.78 is 22.1. The van der Waals surface area contributed by atoms with Gasteiger partial charge in [-0.2, -0.15) is 0 Å². The van der Waals surface area contributed by atoms with Gasteiger partial charge < -0.3 is 18.9 Å². The van der Waals surface area contributed by atoms with Crippen LogP contribution in [0.4, 0.5) is 0 Å². The minimum Gasteiger partial charge on any atom is -0.487 e. The van der Waals surface area contributed by atoms with E-state index in [0.717, 1.165) is 11.3 Å². The molecule has 28 heavy (non-hydrogen) atoms. The lowest BCUT2D eigenvalue weighted by Gasteiger charge is -2.20. The normalized spacial score (nSPS) is 12.5. The molecule has 0 spiro atoms. The lowest BCUT2D eigenvalue weighted by Crippen LogP contribution is -2.16. The Morgan fingerprint density at radius 1 is 1.18 bits per heavy atom. The van der Waals surface area contributed by atoms with Crippen LogP contribution < -0.4 is 14.2 Å². The summed E-state index contributed by atoms with van der Waals surface area (Å²) in [6.07, 6.45) is 0. The van der Waals surface area contributed by atoms with Crippen LogP contribution in [0, 0.1) is 0 Å². The highest BCUT2D eigenvalue weighted by Crippen LogP contribution is 2.38. The number of fused-ring (bicyclic) bond motifs is 1. The van der Waals surface area contributed by atoms with Crippen molar-refractivity contribution in [2.75, 3.05) is 13.2 Å². The van der Waals surface area contributed by atoms with Gasteiger partial charge in [0.25, 0.3) is 0 Å². The molecule has 0 saturated carbocycles. The number of benzene rings is 2. The number of rotatable bonds is 6. The molecule has 1 aliphatic heterocycles. The molecule has 0 saturated heterocycles. The molecular weight excluding hydrogens is 402 g/mol. The predicted molar refractivity (Wildman–Crippen MR) is 104 cm³/mol. The van der Waals surface area contributed by atoms with Gasteiger partial charge in [-0.25, -0.2) is 9.78 Å². The van der Waals surface area contributed by atoms with Crippen molar-refractivity contribution in [2.24, 2.45) is 0 Å². The molecule has 144 valence electrons. The standard InChI is InChI=1S/C20H16ClNO5S/c21-17-6-13(7-18-19(17)25-5-4-24-18)9-27-20(23)14-2-1-3-16(8-14)26-10-15-11-28-12-22-15/h1-3,6-8,11-12H,4-5,9-10H2. The summed E-state index contributed by atoms with van der Waals surface area (Å²) in [4.78, 5) is 16.6. The fourth-order valence-electron chi connectivity index (χ4n) is 2.66. The van der Waals surface area contributed by atoms with Crippen molar-refractivity contribution in [1.82, 2.24) is 4.98 Å². The van der Waals surface area contributed by atoms with Gasteiger partial charge in [0, 0.05) is 5.38 Å². The monoisotopic (exact) mass is 417 g/mol. The number of halogens is 1. The zero-order chi connectivity index (χ0) is 19.3. The number of aromatic nitrogens is 1. The molecule has 1 aliphatic rings. The summed E-state index contributed by atoms with van der Waals surface area (Å²) in [7, 11) is 0. The maximum absolute atomic E-state index is 12.4. The molecule has 0 unspecified atom stereocenters. The van der Waals surface area contributed by atoms with Crippen LogP contribution in [0.5, 0.6) is 17.2 Å². The van der Waals surface area contributed by atoms with E-state index in [1.807, 2.05) is 5.38 Å². The smallest absolute Gasteiger partial charge is 0.338 e. The third kappa shape index (κ3) is 4.37. The van der Waals surface area contributed by atoms with E-state index in [1.165, 1.54) is 11.3 Å². The molecule has 0 amide bonds. The van der Waals surface area contributed by atoms with Crippen molar-refractivity contribution in [3.05, 3.63) is 69.1 Å². The first-order valence-electron chi connectivity index (χ1n) is 8.54. The van der Waals surface area contributed by atoms with Gasteiger partial charge in [0.05, 0.1) is 21.8 Å². The van der Waals surface area contributed by atoms with Crippen molar-refractivity contribution in [1.29, 1.82) is 0 Å². The molecule has 4 rings (SSSR count). The molecular formula is C20H16ClNO5S. The van der Waals surface area contributed by atoms with Crippen LogP contribution in [0.2, 0.25) is 5.02 Å². The first kappa shape index (κ1) is 18.6. The van der Waals surface area contributed by atoms with E-state index in [9.17, 15) is 4.79 Å². The summed E-state index contributed by atoms with van der Waals surface area (Å²) >= 11 is 7.72. The van der Waals surface area contributed by atoms with Gasteiger partial charge in [0.15, 0.2) is 11.5 Å². The van der Waals surface area contributed by atoms with E-state index in [2.05, 4.69) is 4.98 Å². The Kier molecular flexibility index (Phi) is 5.64. The van der Waals surface area contributed by atoms with Crippen LogP contribution in [0.1, 0.15) is 21.6 Å². The van der Waals surface area contributed by atoms with Crippen molar-refractivity contribution < 1.29 is 23.7 Å². The number of carbonyl (C=O) groups is 1. The molecule has 8 heteroatoms. The Bertz CT molecular complexity index is 977. The van der Waals surface area contributed by atoms with Gasteiger partial charge in [-0.05, 0) is 35.9 Å². The van der Waals surface area contributed by atoms with E-state index in [-0.39, 0.29) is 6.61 Å². The summed E-state index contributed by atoms with van der Waals surface area (Å²) in [6, 6.07) is 10.3. The Hall–Kier alpha value is -2.77. The Balaban J connectivity index is 1.38. The topological polar surface area (TPSA) is 66.9 Å². The largest absolute Gasteiger partial charge is 0.487 e. The molecule has 0 fully saturated rings. The Labute approximate surface area is 170 Å². The second kappa shape index (κ2) is 8.50. The molecule has 0 aliphatic carbocycles. The van der Waals surface area contributed by atoms with E-state index >= 15 is 0 Å². The quantitative estimate of drug-likeness (QED) is 0.550. The first-order valence-corrected chi connectivity index (χ1v) is 9.86. The van der Waals surface area contributed by atoms with Gasteiger partial charge in [-0.1, -0.05) is 17.7 Å². The number of esters is 1. The molecule has 3 aromatic rings. The van der Waals surface area contributed by atoms with Gasteiger partial charge in [-0.15, -0.1) is 11.3 Å². The fraction of sp³-hybridized carbons (Fsp3) is 0.200. The van der Waals surface area contributed by atoms with E-state index in [1.54, 1.807) is 41.9 Å². The maximum Gasteiger partial charge on any atom is 0.338 e. The van der Waals surface area contributed by atoms with Gasteiger partial charge in [-0.3, -0.25) is 0 Å². The molecule has 2 aromatic carbocycles. The molecule has 0 N–H and O–H groups in total. The molecule has 2 heterocycles. The summed E-state index contributed by atoms with van der Waals surface area (Å²) in [5, 5.41) is 2.34. The summed E-state index contributed by atoms with van der Waals surface area (Å²) in [6.45, 7) is 1.33. The highest BCUT2D eigenvalue weighted by Gasteiger charge is 2.17. The number of hydrogen-bond donors (Lipinski definition) is 0. The number of hydrogen-bond acceptors (Lipinski definition) is 7. The number of carbonyl (C=O) groups excluding carboxylic acids is 1. The minimum atomic E-state index is -0.454. The van der Waals surface area contributed by atoms with E-state index in [4.69, 9.17) is 30.5 Å². The van der Waals surface area contributed by atoms with Crippen LogP contribution in [-0.2, 0) is 18.0 Å². The minimum absolute atomic E-state index is 0.0686. The highest BCUT2D eigenvalue weighted by atomic mass is 35.5. The Morgan fingerprint density at radius 2 is 2.07 bits per heavy atom. The number of thiazole rings is 1. The van der Waals surface area contributed by atoms with Gasteiger partial charge in [0.2, 0.25) is 0 Å². The molecule has 0 radical (unpaired) electrons. The molecule has 0 bridgehead atoms. The molecule has 6 nitrogen and oxygen atoms in total. The number of nitrogens with zero attached hydrogens (tertiary/aromatic N) is 1. The molecule has 0 atom stereocenters. The van der Waals surface area contributed by atoms with E-state index < -0.39 is 5.97 Å².